The number of thiophene rings is 1. The summed E-state index contributed by atoms with van der Waals surface area (Å²) in [6.45, 7) is 6.80. The maximum absolute atomic E-state index is 12.8. The molecule has 1 fully saturated rings. The third-order valence-electron chi connectivity index (χ3n) is 4.40. The summed E-state index contributed by atoms with van der Waals surface area (Å²) in [4.78, 5) is 14.7. The molecule has 0 bridgehead atoms. The Hall–Kier alpha value is -1.66. The summed E-state index contributed by atoms with van der Waals surface area (Å²) in [5.41, 5.74) is 3.29. The van der Waals surface area contributed by atoms with E-state index in [-0.39, 0.29) is 12.0 Å². The quantitative estimate of drug-likeness (QED) is 0.773. The number of hydrogen-bond donors (Lipinski definition) is 0. The minimum absolute atomic E-state index is 0.171. The van der Waals surface area contributed by atoms with Gasteiger partial charge in [-0.05, 0) is 55.1 Å². The Morgan fingerprint density at radius 2 is 2.38 bits per heavy atom. The van der Waals surface area contributed by atoms with Crippen molar-refractivity contribution >= 4 is 17.2 Å². The van der Waals surface area contributed by atoms with Crippen molar-refractivity contribution in [3.05, 3.63) is 39.8 Å². The van der Waals surface area contributed by atoms with Crippen LogP contribution in [0.15, 0.2) is 22.9 Å². The number of amides is 1. The molecule has 1 atom stereocenters. The molecule has 0 aromatic carbocycles. The Labute approximate surface area is 147 Å². The van der Waals surface area contributed by atoms with E-state index in [9.17, 15) is 4.79 Å². The van der Waals surface area contributed by atoms with Gasteiger partial charge in [-0.2, -0.15) is 16.4 Å². The molecule has 3 heterocycles. The van der Waals surface area contributed by atoms with E-state index >= 15 is 0 Å². The van der Waals surface area contributed by atoms with E-state index in [0.717, 1.165) is 30.8 Å². The summed E-state index contributed by atoms with van der Waals surface area (Å²) in [7, 11) is 0. The number of rotatable bonds is 7. The van der Waals surface area contributed by atoms with Crippen molar-refractivity contribution in [2.75, 3.05) is 13.2 Å². The molecule has 3 rings (SSSR count). The number of nitrogens with zero attached hydrogens (tertiary/aromatic N) is 3. The van der Waals surface area contributed by atoms with Crippen LogP contribution >= 0.6 is 11.3 Å². The highest BCUT2D eigenvalue weighted by Crippen LogP contribution is 2.17. The van der Waals surface area contributed by atoms with Gasteiger partial charge in [0.15, 0.2) is 0 Å². The van der Waals surface area contributed by atoms with Crippen molar-refractivity contribution in [1.82, 2.24) is 14.7 Å². The number of hydrogen-bond acceptors (Lipinski definition) is 4. The van der Waals surface area contributed by atoms with Crippen LogP contribution in [-0.2, 0) is 22.6 Å². The lowest BCUT2D eigenvalue weighted by Crippen LogP contribution is -2.37. The molecule has 1 aliphatic heterocycles. The zero-order chi connectivity index (χ0) is 16.9. The first-order chi connectivity index (χ1) is 11.6. The van der Waals surface area contributed by atoms with Crippen LogP contribution in [0.1, 0.15) is 36.2 Å². The van der Waals surface area contributed by atoms with Crippen LogP contribution in [0.2, 0.25) is 0 Å². The summed E-state index contributed by atoms with van der Waals surface area (Å²) in [6.07, 6.45) is 2.79. The smallest absolute Gasteiger partial charge is 0.224 e. The molecule has 0 aliphatic carbocycles. The molecular weight excluding hydrogens is 322 g/mol. The highest BCUT2D eigenvalue weighted by Gasteiger charge is 2.23. The first-order valence-corrected chi connectivity index (χ1v) is 9.47. The standard InChI is InChI=1S/C18H25N3O2S/c1-14-10-15(2)21(19-14)7-5-18(22)20(11-16-6-9-24-13-16)12-17-4-3-8-23-17/h6,9-10,13,17H,3-5,7-8,11-12H2,1-2H3/t17-/m0/s1. The molecule has 0 radical (unpaired) electrons. The number of carbonyl (C=O) groups is 1. The molecule has 0 N–H and O–H groups in total. The molecule has 0 saturated carbocycles. The van der Waals surface area contributed by atoms with E-state index in [1.807, 2.05) is 29.5 Å². The van der Waals surface area contributed by atoms with Crippen molar-refractivity contribution < 1.29 is 9.53 Å². The average Bonchev–Trinajstić information content (AvgIpc) is 3.28. The van der Waals surface area contributed by atoms with Gasteiger partial charge >= 0.3 is 0 Å². The van der Waals surface area contributed by atoms with Gasteiger partial charge in [0, 0.05) is 38.4 Å². The number of aromatic nitrogens is 2. The maximum Gasteiger partial charge on any atom is 0.224 e. The van der Waals surface area contributed by atoms with Gasteiger partial charge in [0.1, 0.15) is 0 Å². The minimum atomic E-state index is 0.171. The van der Waals surface area contributed by atoms with Crippen LogP contribution in [0, 0.1) is 13.8 Å². The Bertz CT molecular complexity index is 660. The van der Waals surface area contributed by atoms with Crippen molar-refractivity contribution in [1.29, 1.82) is 0 Å². The van der Waals surface area contributed by atoms with Crippen molar-refractivity contribution in [3.8, 4) is 0 Å². The molecule has 1 aliphatic rings. The molecule has 0 spiro atoms. The predicted octanol–water partition coefficient (Wildman–Crippen LogP) is 3.16. The molecule has 2 aromatic rings. The van der Waals surface area contributed by atoms with Crippen molar-refractivity contribution in [3.63, 3.8) is 0 Å². The lowest BCUT2D eigenvalue weighted by atomic mass is 10.2. The van der Waals surface area contributed by atoms with E-state index < -0.39 is 0 Å². The van der Waals surface area contributed by atoms with E-state index in [0.29, 0.717) is 26.1 Å². The van der Waals surface area contributed by atoms with E-state index in [1.165, 1.54) is 5.56 Å². The van der Waals surface area contributed by atoms with E-state index in [2.05, 4.69) is 21.9 Å². The number of carbonyl (C=O) groups excluding carboxylic acids is 1. The topological polar surface area (TPSA) is 47.4 Å². The van der Waals surface area contributed by atoms with Crippen molar-refractivity contribution in [2.24, 2.45) is 0 Å². The Kier molecular flexibility index (Phi) is 5.68. The molecule has 130 valence electrons. The highest BCUT2D eigenvalue weighted by molar-refractivity contribution is 7.07. The Morgan fingerprint density at radius 3 is 3.00 bits per heavy atom. The van der Waals surface area contributed by atoms with E-state index in [4.69, 9.17) is 4.74 Å². The maximum atomic E-state index is 12.8. The van der Waals surface area contributed by atoms with Gasteiger partial charge < -0.3 is 9.64 Å². The molecule has 2 aromatic heterocycles. The monoisotopic (exact) mass is 347 g/mol. The Balaban J connectivity index is 1.61. The second-order valence-corrected chi connectivity index (χ2v) is 7.22. The summed E-state index contributed by atoms with van der Waals surface area (Å²) in [5.74, 6) is 0.171. The molecular formula is C18H25N3O2S. The zero-order valence-electron chi connectivity index (χ0n) is 14.4. The fourth-order valence-corrected chi connectivity index (χ4v) is 3.81. The number of ether oxygens (including phenoxy) is 1. The van der Waals surface area contributed by atoms with Crippen LogP contribution in [-0.4, -0.2) is 39.8 Å². The second kappa shape index (κ2) is 7.94. The number of aryl methyl sites for hydroxylation is 3. The molecule has 5 nitrogen and oxygen atoms in total. The predicted molar refractivity (Wildman–Crippen MR) is 95.0 cm³/mol. The molecule has 24 heavy (non-hydrogen) atoms. The first-order valence-electron chi connectivity index (χ1n) is 8.53. The summed E-state index contributed by atoms with van der Waals surface area (Å²) >= 11 is 1.67. The third kappa shape index (κ3) is 4.45. The molecule has 1 amide bonds. The fraction of sp³-hybridized carbons (Fsp3) is 0.556. The fourth-order valence-electron chi connectivity index (χ4n) is 3.15. The first kappa shape index (κ1) is 17.2. The third-order valence-corrected chi connectivity index (χ3v) is 5.13. The van der Waals surface area contributed by atoms with Gasteiger partial charge in [-0.25, -0.2) is 0 Å². The van der Waals surface area contributed by atoms with Crippen LogP contribution in [0.5, 0.6) is 0 Å². The molecule has 0 unspecified atom stereocenters. The van der Waals surface area contributed by atoms with Gasteiger partial charge in [-0.1, -0.05) is 0 Å². The zero-order valence-corrected chi connectivity index (χ0v) is 15.2. The SMILES string of the molecule is Cc1cc(C)n(CCC(=O)N(Cc2ccsc2)C[C@@H]2CCCO2)n1. The lowest BCUT2D eigenvalue weighted by molar-refractivity contribution is -0.133. The molecule has 1 saturated heterocycles. The van der Waals surface area contributed by atoms with Crippen LogP contribution in [0.3, 0.4) is 0 Å². The Morgan fingerprint density at radius 1 is 1.50 bits per heavy atom. The van der Waals surface area contributed by atoms with Gasteiger partial charge in [0.25, 0.3) is 0 Å². The average molecular weight is 347 g/mol. The highest BCUT2D eigenvalue weighted by atomic mass is 32.1. The van der Waals surface area contributed by atoms with Gasteiger partial charge in [-0.15, -0.1) is 0 Å². The summed E-state index contributed by atoms with van der Waals surface area (Å²) in [5, 5.41) is 8.61. The lowest BCUT2D eigenvalue weighted by Gasteiger charge is -2.25. The van der Waals surface area contributed by atoms with Crippen LogP contribution in [0.4, 0.5) is 0 Å². The van der Waals surface area contributed by atoms with Gasteiger partial charge in [0.05, 0.1) is 11.8 Å². The molecule has 6 heteroatoms. The normalized spacial score (nSPS) is 17.3. The minimum Gasteiger partial charge on any atom is -0.376 e. The second-order valence-electron chi connectivity index (χ2n) is 6.44. The van der Waals surface area contributed by atoms with E-state index in [1.54, 1.807) is 11.3 Å². The van der Waals surface area contributed by atoms with Crippen molar-refractivity contribution in [2.45, 2.75) is 52.3 Å². The van der Waals surface area contributed by atoms with Crippen LogP contribution in [0.25, 0.3) is 0 Å². The summed E-state index contributed by atoms with van der Waals surface area (Å²) < 4.78 is 7.65. The largest absolute Gasteiger partial charge is 0.376 e. The van der Waals surface area contributed by atoms with Crippen LogP contribution < -0.4 is 0 Å². The summed E-state index contributed by atoms with van der Waals surface area (Å²) in [6, 6.07) is 4.13. The van der Waals surface area contributed by atoms with Gasteiger partial charge in [0.2, 0.25) is 5.91 Å². The van der Waals surface area contributed by atoms with Gasteiger partial charge in [-0.3, -0.25) is 9.48 Å².